The van der Waals surface area contributed by atoms with Crippen LogP contribution in [0.2, 0.25) is 0 Å². The predicted octanol–water partition coefficient (Wildman–Crippen LogP) is 4.31. The van der Waals surface area contributed by atoms with E-state index in [0.717, 1.165) is 12.0 Å². The van der Waals surface area contributed by atoms with Gasteiger partial charge in [-0.1, -0.05) is 19.1 Å². The number of nitrogen functional groups attached to an aromatic ring is 1. The Morgan fingerprint density at radius 3 is 2.53 bits per heavy atom. The molecule has 0 bridgehead atoms. The first-order chi connectivity index (χ1) is 9.10. The van der Waals surface area contributed by atoms with Gasteiger partial charge in [0.05, 0.1) is 10.2 Å². The zero-order valence-electron chi connectivity index (χ0n) is 10.6. The van der Waals surface area contributed by atoms with E-state index in [1.165, 1.54) is 11.6 Å². The summed E-state index contributed by atoms with van der Waals surface area (Å²) in [5.41, 5.74) is 8.60. The molecule has 2 rings (SSSR count). The molecule has 0 atom stereocenters. The van der Waals surface area contributed by atoms with Gasteiger partial charge in [-0.2, -0.15) is 0 Å². The van der Waals surface area contributed by atoms with Gasteiger partial charge in [-0.15, -0.1) is 0 Å². The normalized spacial score (nSPS) is 10.5. The van der Waals surface area contributed by atoms with Crippen LogP contribution < -0.4 is 10.5 Å². The number of aryl methyl sites for hydroxylation is 1. The maximum Gasteiger partial charge on any atom is 0.142 e. The zero-order valence-corrected chi connectivity index (χ0v) is 12.2. The number of nitrogens with two attached hydrogens (primary N) is 1. The molecule has 0 radical (unpaired) electrons. The average Bonchev–Trinajstić information content (AvgIpc) is 2.41. The molecule has 0 aliphatic carbocycles. The highest BCUT2D eigenvalue weighted by Crippen LogP contribution is 2.24. The van der Waals surface area contributed by atoms with Gasteiger partial charge in [0.1, 0.15) is 18.2 Å². The molecule has 2 aromatic carbocycles. The molecular formula is C15H15BrFNO. The first-order valence-corrected chi connectivity index (χ1v) is 6.84. The molecule has 0 aromatic heterocycles. The summed E-state index contributed by atoms with van der Waals surface area (Å²) in [7, 11) is 0. The molecule has 0 unspecified atom stereocenters. The topological polar surface area (TPSA) is 35.2 Å². The Bertz CT molecular complexity index is 586. The molecule has 0 aliphatic rings. The molecule has 2 aromatic rings. The van der Waals surface area contributed by atoms with Crippen LogP contribution in [0.25, 0.3) is 0 Å². The van der Waals surface area contributed by atoms with Gasteiger partial charge in [-0.3, -0.25) is 0 Å². The average molecular weight is 324 g/mol. The van der Waals surface area contributed by atoms with Crippen LogP contribution in [0.15, 0.2) is 40.9 Å². The van der Waals surface area contributed by atoms with E-state index in [9.17, 15) is 4.39 Å². The van der Waals surface area contributed by atoms with Crippen molar-refractivity contribution in [1.29, 1.82) is 0 Å². The van der Waals surface area contributed by atoms with E-state index in [2.05, 4.69) is 22.9 Å². The predicted molar refractivity (Wildman–Crippen MR) is 78.7 cm³/mol. The van der Waals surface area contributed by atoms with Gasteiger partial charge >= 0.3 is 0 Å². The summed E-state index contributed by atoms with van der Waals surface area (Å²) in [6.45, 7) is 2.43. The fraction of sp³-hybridized carbons (Fsp3) is 0.200. The van der Waals surface area contributed by atoms with Gasteiger partial charge in [0.15, 0.2) is 0 Å². The minimum atomic E-state index is -0.282. The Hall–Kier alpha value is -1.55. The first kappa shape index (κ1) is 13.9. The summed E-state index contributed by atoms with van der Waals surface area (Å²) in [5, 5.41) is 0. The molecule has 2 N–H and O–H groups in total. The summed E-state index contributed by atoms with van der Waals surface area (Å²) in [4.78, 5) is 0. The molecule has 0 saturated carbocycles. The van der Waals surface area contributed by atoms with Crippen LogP contribution in [0, 0.1) is 5.82 Å². The second kappa shape index (κ2) is 6.06. The third kappa shape index (κ3) is 3.47. The number of ether oxygens (including phenoxy) is 1. The van der Waals surface area contributed by atoms with Crippen molar-refractivity contribution >= 4 is 21.6 Å². The van der Waals surface area contributed by atoms with Crippen molar-refractivity contribution < 1.29 is 9.13 Å². The number of halogens is 2. The number of hydrogen-bond acceptors (Lipinski definition) is 2. The highest BCUT2D eigenvalue weighted by Gasteiger charge is 2.04. The molecule has 4 heteroatoms. The van der Waals surface area contributed by atoms with E-state index in [1.54, 1.807) is 12.1 Å². The van der Waals surface area contributed by atoms with Crippen molar-refractivity contribution in [3.05, 3.63) is 57.8 Å². The molecule has 2 nitrogen and oxygen atoms in total. The van der Waals surface area contributed by atoms with Crippen LogP contribution in [0.5, 0.6) is 5.75 Å². The molecule has 0 spiro atoms. The van der Waals surface area contributed by atoms with E-state index < -0.39 is 0 Å². The van der Waals surface area contributed by atoms with Gasteiger partial charge < -0.3 is 10.5 Å². The summed E-state index contributed by atoms with van der Waals surface area (Å²) in [6.07, 6.45) is 0.940. The van der Waals surface area contributed by atoms with Crippen LogP contribution in [0.3, 0.4) is 0 Å². The van der Waals surface area contributed by atoms with Gasteiger partial charge in [0.2, 0.25) is 0 Å². The number of anilines is 1. The van der Waals surface area contributed by atoms with Crippen molar-refractivity contribution in [3.63, 3.8) is 0 Å². The van der Waals surface area contributed by atoms with E-state index in [-0.39, 0.29) is 5.82 Å². The molecule has 0 heterocycles. The summed E-state index contributed by atoms with van der Waals surface area (Å²) in [6, 6.07) is 10.6. The Kier molecular flexibility index (Phi) is 4.43. The third-order valence-corrected chi connectivity index (χ3v) is 3.47. The van der Waals surface area contributed by atoms with Crippen LogP contribution in [0.4, 0.5) is 10.1 Å². The van der Waals surface area contributed by atoms with Crippen molar-refractivity contribution in [2.75, 3.05) is 5.73 Å². The Morgan fingerprint density at radius 1 is 1.16 bits per heavy atom. The van der Waals surface area contributed by atoms with Crippen LogP contribution >= 0.6 is 15.9 Å². The van der Waals surface area contributed by atoms with E-state index in [0.29, 0.717) is 22.5 Å². The Morgan fingerprint density at radius 2 is 1.89 bits per heavy atom. The van der Waals surface area contributed by atoms with Gasteiger partial charge in [-0.05, 0) is 57.7 Å². The van der Waals surface area contributed by atoms with Crippen LogP contribution in [-0.4, -0.2) is 0 Å². The van der Waals surface area contributed by atoms with Gasteiger partial charge in [-0.25, -0.2) is 4.39 Å². The summed E-state index contributed by atoms with van der Waals surface area (Å²) >= 11 is 3.15. The lowest BCUT2D eigenvalue weighted by Gasteiger charge is -2.10. The second-order valence-electron chi connectivity index (χ2n) is 4.26. The maximum absolute atomic E-state index is 13.1. The quantitative estimate of drug-likeness (QED) is 0.851. The van der Waals surface area contributed by atoms with Crippen molar-refractivity contribution in [1.82, 2.24) is 0 Å². The van der Waals surface area contributed by atoms with Crippen molar-refractivity contribution in [2.45, 2.75) is 20.0 Å². The molecule has 0 saturated heterocycles. The minimum Gasteiger partial charge on any atom is -0.487 e. The molecular weight excluding hydrogens is 309 g/mol. The zero-order chi connectivity index (χ0) is 13.8. The van der Waals surface area contributed by atoms with E-state index >= 15 is 0 Å². The lowest BCUT2D eigenvalue weighted by molar-refractivity contribution is 0.307. The van der Waals surface area contributed by atoms with Crippen LogP contribution in [0.1, 0.15) is 18.1 Å². The lowest BCUT2D eigenvalue weighted by atomic mass is 10.1. The monoisotopic (exact) mass is 323 g/mol. The largest absolute Gasteiger partial charge is 0.487 e. The Labute approximate surface area is 120 Å². The highest BCUT2D eigenvalue weighted by molar-refractivity contribution is 9.10. The second-order valence-corrected chi connectivity index (χ2v) is 5.12. The standard InChI is InChI=1S/C15H15BrFNO/c1-2-10-4-6-15(14(18)8-10)19-9-11-3-5-13(17)12(16)7-11/h3-8H,2,9,18H2,1H3. The first-order valence-electron chi connectivity index (χ1n) is 6.05. The van der Waals surface area contributed by atoms with E-state index in [4.69, 9.17) is 10.5 Å². The summed E-state index contributed by atoms with van der Waals surface area (Å²) < 4.78 is 19.2. The molecule has 100 valence electrons. The van der Waals surface area contributed by atoms with Crippen molar-refractivity contribution in [3.8, 4) is 5.75 Å². The fourth-order valence-corrected chi connectivity index (χ4v) is 2.17. The van der Waals surface area contributed by atoms with Gasteiger partial charge in [0.25, 0.3) is 0 Å². The SMILES string of the molecule is CCc1ccc(OCc2ccc(F)c(Br)c2)c(N)c1. The van der Waals surface area contributed by atoms with Crippen LogP contribution in [-0.2, 0) is 13.0 Å². The molecule has 0 fully saturated rings. The fourth-order valence-electron chi connectivity index (χ4n) is 1.74. The molecule has 19 heavy (non-hydrogen) atoms. The Balaban J connectivity index is 2.07. The van der Waals surface area contributed by atoms with E-state index in [1.807, 2.05) is 18.2 Å². The lowest BCUT2D eigenvalue weighted by Crippen LogP contribution is -1.99. The minimum absolute atomic E-state index is 0.282. The number of hydrogen-bond donors (Lipinski definition) is 1. The summed E-state index contributed by atoms with van der Waals surface area (Å²) in [5.74, 6) is 0.369. The van der Waals surface area contributed by atoms with Crippen molar-refractivity contribution in [2.24, 2.45) is 0 Å². The van der Waals surface area contributed by atoms with Gasteiger partial charge in [0, 0.05) is 0 Å². The number of benzene rings is 2. The maximum atomic E-state index is 13.1. The number of rotatable bonds is 4. The highest BCUT2D eigenvalue weighted by atomic mass is 79.9. The third-order valence-electron chi connectivity index (χ3n) is 2.86. The molecule has 0 amide bonds. The molecule has 0 aliphatic heterocycles. The smallest absolute Gasteiger partial charge is 0.142 e.